The Bertz CT molecular complexity index is 379. The fraction of sp³-hybridized carbons (Fsp3) is 0.600. The SMILES string of the molecule is CN(CCCCN)Cc1ccc2c(c1)CCCS2. The number of rotatable bonds is 6. The number of benzene rings is 1. The Morgan fingerprint density at radius 3 is 3.06 bits per heavy atom. The Hall–Kier alpha value is -0.510. The molecular formula is C15H24N2S. The maximum Gasteiger partial charge on any atom is 0.0230 e. The molecule has 0 unspecified atom stereocenters. The van der Waals surface area contributed by atoms with Crippen molar-refractivity contribution in [1.29, 1.82) is 0 Å². The van der Waals surface area contributed by atoms with Gasteiger partial charge in [0.05, 0.1) is 0 Å². The lowest BCUT2D eigenvalue weighted by Gasteiger charge is -2.19. The van der Waals surface area contributed by atoms with Crippen LogP contribution in [0.5, 0.6) is 0 Å². The summed E-state index contributed by atoms with van der Waals surface area (Å²) in [5, 5.41) is 0. The first-order valence-corrected chi connectivity index (χ1v) is 7.91. The second-order valence-corrected chi connectivity index (χ2v) is 6.26. The summed E-state index contributed by atoms with van der Waals surface area (Å²) < 4.78 is 0. The van der Waals surface area contributed by atoms with E-state index >= 15 is 0 Å². The molecule has 0 aliphatic carbocycles. The maximum atomic E-state index is 5.52. The highest BCUT2D eigenvalue weighted by molar-refractivity contribution is 7.99. The van der Waals surface area contributed by atoms with Crippen LogP contribution in [-0.4, -0.2) is 30.8 Å². The molecule has 0 spiro atoms. The topological polar surface area (TPSA) is 29.3 Å². The van der Waals surface area contributed by atoms with Gasteiger partial charge in [0.1, 0.15) is 0 Å². The quantitative estimate of drug-likeness (QED) is 0.801. The van der Waals surface area contributed by atoms with Gasteiger partial charge < -0.3 is 10.6 Å². The smallest absolute Gasteiger partial charge is 0.0230 e. The van der Waals surface area contributed by atoms with Crippen molar-refractivity contribution in [1.82, 2.24) is 4.90 Å². The predicted octanol–water partition coefficient (Wildman–Crippen LogP) is 2.90. The molecule has 0 radical (unpaired) electrons. The average Bonchev–Trinajstić information content (AvgIpc) is 2.39. The molecule has 2 N–H and O–H groups in total. The fourth-order valence-electron chi connectivity index (χ4n) is 2.43. The summed E-state index contributed by atoms with van der Waals surface area (Å²) in [7, 11) is 2.20. The lowest BCUT2D eigenvalue weighted by atomic mass is 10.1. The molecule has 2 rings (SSSR count). The van der Waals surface area contributed by atoms with E-state index < -0.39 is 0 Å². The zero-order valence-corrected chi connectivity index (χ0v) is 12.1. The van der Waals surface area contributed by atoms with Crippen molar-refractivity contribution in [3.8, 4) is 0 Å². The fourth-order valence-corrected chi connectivity index (χ4v) is 3.45. The van der Waals surface area contributed by atoms with Gasteiger partial charge in [0.15, 0.2) is 0 Å². The molecule has 0 bridgehead atoms. The van der Waals surface area contributed by atoms with Gasteiger partial charge in [-0.3, -0.25) is 0 Å². The zero-order chi connectivity index (χ0) is 12.8. The highest BCUT2D eigenvalue weighted by atomic mass is 32.2. The lowest BCUT2D eigenvalue weighted by molar-refractivity contribution is 0.319. The first kappa shape index (κ1) is 13.9. The third-order valence-electron chi connectivity index (χ3n) is 3.42. The highest BCUT2D eigenvalue weighted by Gasteiger charge is 2.10. The number of nitrogens with zero attached hydrogens (tertiary/aromatic N) is 1. The first-order valence-electron chi connectivity index (χ1n) is 6.93. The summed E-state index contributed by atoms with van der Waals surface area (Å²) in [5.41, 5.74) is 8.53. The van der Waals surface area contributed by atoms with Crippen LogP contribution < -0.4 is 5.73 Å². The van der Waals surface area contributed by atoms with Crippen molar-refractivity contribution in [2.24, 2.45) is 5.73 Å². The van der Waals surface area contributed by atoms with Gasteiger partial charge in [-0.25, -0.2) is 0 Å². The van der Waals surface area contributed by atoms with Gasteiger partial charge in [-0.15, -0.1) is 11.8 Å². The predicted molar refractivity (Wildman–Crippen MR) is 80.1 cm³/mol. The van der Waals surface area contributed by atoms with Crippen molar-refractivity contribution >= 4 is 11.8 Å². The normalized spacial score (nSPS) is 14.8. The summed E-state index contributed by atoms with van der Waals surface area (Å²) in [6.07, 6.45) is 4.92. The van der Waals surface area contributed by atoms with Crippen molar-refractivity contribution in [2.75, 3.05) is 25.9 Å². The van der Waals surface area contributed by atoms with Crippen LogP contribution in [0.2, 0.25) is 0 Å². The van der Waals surface area contributed by atoms with E-state index in [1.165, 1.54) is 35.5 Å². The van der Waals surface area contributed by atoms with E-state index in [1.54, 1.807) is 5.56 Å². The highest BCUT2D eigenvalue weighted by Crippen LogP contribution is 2.30. The minimum Gasteiger partial charge on any atom is -0.330 e. The van der Waals surface area contributed by atoms with Gasteiger partial charge in [-0.1, -0.05) is 12.1 Å². The van der Waals surface area contributed by atoms with Crippen molar-refractivity contribution in [3.05, 3.63) is 29.3 Å². The second kappa shape index (κ2) is 7.17. The monoisotopic (exact) mass is 264 g/mol. The van der Waals surface area contributed by atoms with Crippen LogP contribution >= 0.6 is 11.8 Å². The molecule has 0 atom stereocenters. The van der Waals surface area contributed by atoms with E-state index in [4.69, 9.17) is 5.73 Å². The van der Waals surface area contributed by atoms with Crippen molar-refractivity contribution in [3.63, 3.8) is 0 Å². The van der Waals surface area contributed by atoms with Gasteiger partial charge in [-0.2, -0.15) is 0 Å². The third-order valence-corrected chi connectivity index (χ3v) is 4.62. The zero-order valence-electron chi connectivity index (χ0n) is 11.3. The van der Waals surface area contributed by atoms with Gasteiger partial charge >= 0.3 is 0 Å². The van der Waals surface area contributed by atoms with Crippen LogP contribution in [0.4, 0.5) is 0 Å². The molecule has 1 aliphatic heterocycles. The van der Waals surface area contributed by atoms with E-state index in [9.17, 15) is 0 Å². The van der Waals surface area contributed by atoms with Crippen LogP contribution in [0.3, 0.4) is 0 Å². The van der Waals surface area contributed by atoms with Crippen LogP contribution in [0.1, 0.15) is 30.4 Å². The Morgan fingerprint density at radius 1 is 1.33 bits per heavy atom. The van der Waals surface area contributed by atoms with Crippen LogP contribution in [0.25, 0.3) is 0 Å². The average molecular weight is 264 g/mol. The van der Waals surface area contributed by atoms with Crippen LogP contribution in [0.15, 0.2) is 23.1 Å². The third kappa shape index (κ3) is 4.01. The minimum atomic E-state index is 0.809. The van der Waals surface area contributed by atoms with Crippen molar-refractivity contribution in [2.45, 2.75) is 37.1 Å². The van der Waals surface area contributed by atoms with Crippen LogP contribution in [0, 0.1) is 0 Å². The van der Waals surface area contributed by atoms with E-state index in [1.807, 2.05) is 11.8 Å². The Morgan fingerprint density at radius 2 is 2.22 bits per heavy atom. The second-order valence-electron chi connectivity index (χ2n) is 5.13. The van der Waals surface area contributed by atoms with Gasteiger partial charge in [0.25, 0.3) is 0 Å². The molecule has 0 amide bonds. The molecule has 0 saturated heterocycles. The summed E-state index contributed by atoms with van der Waals surface area (Å²) in [4.78, 5) is 3.89. The largest absolute Gasteiger partial charge is 0.330 e. The molecule has 3 heteroatoms. The number of hydrogen-bond donors (Lipinski definition) is 1. The standard InChI is InChI=1S/C15H24N2S/c1-17(9-3-2-8-16)12-13-6-7-15-14(11-13)5-4-10-18-15/h6-7,11H,2-5,8-10,12,16H2,1H3. The van der Waals surface area contributed by atoms with Crippen LogP contribution in [-0.2, 0) is 13.0 Å². The molecular weight excluding hydrogens is 240 g/mol. The van der Waals surface area contributed by atoms with Gasteiger partial charge in [-0.05, 0) is 68.8 Å². The summed E-state index contributed by atoms with van der Waals surface area (Å²) in [6, 6.07) is 7.00. The molecule has 100 valence electrons. The maximum absolute atomic E-state index is 5.52. The number of hydrogen-bond acceptors (Lipinski definition) is 3. The lowest BCUT2D eigenvalue weighted by Crippen LogP contribution is -2.20. The number of thioether (sulfide) groups is 1. The Labute approximate surface area is 115 Å². The minimum absolute atomic E-state index is 0.809. The summed E-state index contributed by atoms with van der Waals surface area (Å²) >= 11 is 2.01. The van der Waals surface area contributed by atoms with E-state index in [0.29, 0.717) is 0 Å². The van der Waals surface area contributed by atoms with Crippen molar-refractivity contribution < 1.29 is 0 Å². The molecule has 1 aromatic rings. The number of unbranched alkanes of at least 4 members (excludes halogenated alkanes) is 1. The molecule has 18 heavy (non-hydrogen) atoms. The molecule has 1 heterocycles. The summed E-state index contributed by atoms with van der Waals surface area (Å²) in [5.74, 6) is 1.28. The molecule has 1 aliphatic rings. The molecule has 2 nitrogen and oxygen atoms in total. The van der Waals surface area contributed by atoms with Gasteiger partial charge in [0.2, 0.25) is 0 Å². The molecule has 1 aromatic carbocycles. The number of fused-ring (bicyclic) bond motifs is 1. The molecule has 0 fully saturated rings. The number of aryl methyl sites for hydroxylation is 1. The van der Waals surface area contributed by atoms with E-state index in [0.717, 1.165) is 26.1 Å². The van der Waals surface area contributed by atoms with Gasteiger partial charge in [0, 0.05) is 11.4 Å². The number of nitrogens with two attached hydrogens (primary N) is 1. The summed E-state index contributed by atoms with van der Waals surface area (Å²) in [6.45, 7) is 3.01. The van der Waals surface area contributed by atoms with E-state index in [-0.39, 0.29) is 0 Å². The Kier molecular flexibility index (Phi) is 5.54. The van der Waals surface area contributed by atoms with E-state index in [2.05, 4.69) is 30.1 Å². The molecule has 0 saturated carbocycles. The molecule has 0 aromatic heterocycles. The Balaban J connectivity index is 1.89. The first-order chi connectivity index (χ1) is 8.79.